The van der Waals surface area contributed by atoms with E-state index in [-0.39, 0.29) is 0 Å². The van der Waals surface area contributed by atoms with Crippen LogP contribution < -0.4 is 0 Å². The molecular formula is C6H10BrClO. The number of allylic oxidation sites excluding steroid dienone is 1. The Balaban J connectivity index is 3.21. The lowest BCUT2D eigenvalue weighted by Crippen LogP contribution is -1.89. The van der Waals surface area contributed by atoms with Gasteiger partial charge in [0.05, 0.1) is 6.61 Å². The minimum atomic E-state index is 0.612. The van der Waals surface area contributed by atoms with Gasteiger partial charge in [-0.3, -0.25) is 0 Å². The molecule has 0 saturated carbocycles. The zero-order valence-electron chi connectivity index (χ0n) is 5.36. The van der Waals surface area contributed by atoms with Gasteiger partial charge in [0.2, 0.25) is 0 Å². The van der Waals surface area contributed by atoms with Gasteiger partial charge in [0.15, 0.2) is 0 Å². The van der Waals surface area contributed by atoms with Gasteiger partial charge >= 0.3 is 0 Å². The molecule has 0 bridgehead atoms. The Kier molecular flexibility index (Phi) is 6.93. The first kappa shape index (κ1) is 9.47. The third kappa shape index (κ3) is 6.35. The second-order valence-electron chi connectivity index (χ2n) is 1.44. The fourth-order valence-electron chi connectivity index (χ4n) is 0.322. The van der Waals surface area contributed by atoms with Crippen molar-refractivity contribution in [2.24, 2.45) is 0 Å². The van der Waals surface area contributed by atoms with Gasteiger partial charge in [0, 0.05) is 17.0 Å². The highest BCUT2D eigenvalue weighted by Crippen LogP contribution is 2.03. The first-order valence-electron chi connectivity index (χ1n) is 2.79. The normalized spacial score (nSPS) is 12.1. The van der Waals surface area contributed by atoms with Crippen LogP contribution in [-0.4, -0.2) is 18.5 Å². The summed E-state index contributed by atoms with van der Waals surface area (Å²) in [6.45, 7) is 3.31. The van der Waals surface area contributed by atoms with Crippen LogP contribution in [0.15, 0.2) is 11.1 Å². The van der Waals surface area contributed by atoms with Crippen LogP contribution in [0.1, 0.15) is 6.92 Å². The quantitative estimate of drug-likeness (QED) is 0.515. The molecule has 0 fully saturated rings. The lowest BCUT2D eigenvalue weighted by Gasteiger charge is -1.93. The van der Waals surface area contributed by atoms with Crippen molar-refractivity contribution in [2.75, 3.05) is 18.5 Å². The van der Waals surface area contributed by atoms with E-state index >= 15 is 0 Å². The average Bonchev–Trinajstić information content (AvgIpc) is 1.89. The summed E-state index contributed by atoms with van der Waals surface area (Å²) in [5.41, 5.74) is 0. The maximum atomic E-state index is 5.64. The van der Waals surface area contributed by atoms with E-state index in [1.54, 1.807) is 0 Å². The molecule has 0 rings (SSSR count). The molecule has 3 heteroatoms. The van der Waals surface area contributed by atoms with Gasteiger partial charge in [0.1, 0.15) is 0 Å². The third-order valence-electron chi connectivity index (χ3n) is 0.754. The van der Waals surface area contributed by atoms with E-state index in [1.807, 2.05) is 13.0 Å². The Hall–Kier alpha value is 0.470. The van der Waals surface area contributed by atoms with Crippen LogP contribution in [0.5, 0.6) is 0 Å². The predicted octanol–water partition coefficient (Wildman–Crippen LogP) is 2.54. The number of ether oxygens (including phenoxy) is 1. The van der Waals surface area contributed by atoms with Crippen LogP contribution >= 0.6 is 27.5 Å². The van der Waals surface area contributed by atoms with Crippen molar-refractivity contribution < 1.29 is 4.74 Å². The molecule has 0 aromatic heterocycles. The molecule has 0 aromatic carbocycles. The summed E-state index contributed by atoms with van der Waals surface area (Å²) >= 11 is 8.85. The van der Waals surface area contributed by atoms with Crippen LogP contribution in [0.3, 0.4) is 0 Å². The van der Waals surface area contributed by atoms with Crippen LogP contribution in [-0.2, 0) is 4.74 Å². The Morgan fingerprint density at radius 2 is 2.44 bits per heavy atom. The SMILES string of the molecule is CCOC/C=C(/Cl)CBr. The molecule has 0 aliphatic heterocycles. The molecule has 0 aliphatic carbocycles. The monoisotopic (exact) mass is 212 g/mol. The molecule has 9 heavy (non-hydrogen) atoms. The maximum Gasteiger partial charge on any atom is 0.0661 e. The van der Waals surface area contributed by atoms with Gasteiger partial charge < -0.3 is 4.74 Å². The van der Waals surface area contributed by atoms with Crippen molar-refractivity contribution in [3.8, 4) is 0 Å². The van der Waals surface area contributed by atoms with E-state index in [4.69, 9.17) is 16.3 Å². The van der Waals surface area contributed by atoms with Crippen molar-refractivity contribution in [1.29, 1.82) is 0 Å². The van der Waals surface area contributed by atoms with Crippen molar-refractivity contribution in [2.45, 2.75) is 6.92 Å². The second-order valence-corrected chi connectivity index (χ2v) is 2.49. The average molecular weight is 214 g/mol. The fraction of sp³-hybridized carbons (Fsp3) is 0.667. The summed E-state index contributed by atoms with van der Waals surface area (Å²) in [4.78, 5) is 0. The molecule has 0 unspecified atom stereocenters. The van der Waals surface area contributed by atoms with Gasteiger partial charge in [-0.05, 0) is 13.0 Å². The summed E-state index contributed by atoms with van der Waals surface area (Å²) in [6.07, 6.45) is 1.85. The predicted molar refractivity (Wildman–Crippen MR) is 44.2 cm³/mol. The van der Waals surface area contributed by atoms with E-state index in [9.17, 15) is 0 Å². The third-order valence-corrected chi connectivity index (χ3v) is 1.97. The molecule has 0 aromatic rings. The molecule has 1 nitrogen and oxygen atoms in total. The maximum absolute atomic E-state index is 5.64. The molecule has 54 valence electrons. The zero-order valence-corrected chi connectivity index (χ0v) is 7.70. The molecule has 0 aliphatic rings. The number of hydrogen-bond donors (Lipinski definition) is 0. The number of hydrogen-bond acceptors (Lipinski definition) is 1. The zero-order chi connectivity index (χ0) is 7.11. The molecule has 0 radical (unpaired) electrons. The smallest absolute Gasteiger partial charge is 0.0661 e. The molecule has 0 heterocycles. The van der Waals surface area contributed by atoms with E-state index in [1.165, 1.54) is 0 Å². The van der Waals surface area contributed by atoms with Gasteiger partial charge in [0.25, 0.3) is 0 Å². The van der Waals surface area contributed by atoms with Crippen molar-refractivity contribution in [3.63, 3.8) is 0 Å². The molecule has 0 N–H and O–H groups in total. The summed E-state index contributed by atoms with van der Waals surface area (Å²) < 4.78 is 5.02. The standard InChI is InChI=1S/C6H10BrClO/c1-2-9-4-3-6(8)5-7/h3H,2,4-5H2,1H3/b6-3+. The Labute approximate surface area is 69.2 Å². The highest BCUT2D eigenvalue weighted by atomic mass is 79.9. The minimum absolute atomic E-state index is 0.612. The van der Waals surface area contributed by atoms with Crippen LogP contribution in [0, 0.1) is 0 Å². The number of rotatable bonds is 4. The molecule has 0 saturated heterocycles. The lowest BCUT2D eigenvalue weighted by atomic mass is 10.5. The molecule has 0 amide bonds. The lowest BCUT2D eigenvalue weighted by molar-refractivity contribution is 0.177. The second kappa shape index (κ2) is 6.59. The summed E-state index contributed by atoms with van der Waals surface area (Å²) in [5, 5.41) is 1.50. The van der Waals surface area contributed by atoms with Crippen molar-refractivity contribution in [3.05, 3.63) is 11.1 Å². The summed E-state index contributed by atoms with van der Waals surface area (Å²) in [5.74, 6) is 0. The van der Waals surface area contributed by atoms with Gasteiger partial charge in [-0.1, -0.05) is 27.5 Å². The van der Waals surface area contributed by atoms with Crippen LogP contribution in [0.4, 0.5) is 0 Å². The van der Waals surface area contributed by atoms with Crippen LogP contribution in [0.25, 0.3) is 0 Å². The Morgan fingerprint density at radius 3 is 2.89 bits per heavy atom. The van der Waals surface area contributed by atoms with Crippen LogP contribution in [0.2, 0.25) is 0 Å². The minimum Gasteiger partial charge on any atom is -0.378 e. The van der Waals surface area contributed by atoms with E-state index < -0.39 is 0 Å². The number of halogens is 2. The fourth-order valence-corrected chi connectivity index (χ4v) is 0.614. The van der Waals surface area contributed by atoms with Gasteiger partial charge in [-0.2, -0.15) is 0 Å². The van der Waals surface area contributed by atoms with E-state index in [0.717, 1.165) is 11.6 Å². The Morgan fingerprint density at radius 1 is 1.78 bits per heavy atom. The molecule has 0 atom stereocenters. The highest BCUT2D eigenvalue weighted by molar-refractivity contribution is 9.09. The highest BCUT2D eigenvalue weighted by Gasteiger charge is 1.85. The van der Waals surface area contributed by atoms with Crippen molar-refractivity contribution in [1.82, 2.24) is 0 Å². The summed E-state index contributed by atoms with van der Waals surface area (Å²) in [6, 6.07) is 0. The molecule has 0 spiro atoms. The van der Waals surface area contributed by atoms with Crippen molar-refractivity contribution >= 4 is 27.5 Å². The first-order valence-corrected chi connectivity index (χ1v) is 4.29. The first-order chi connectivity index (χ1) is 4.31. The van der Waals surface area contributed by atoms with Gasteiger partial charge in [-0.25, -0.2) is 0 Å². The van der Waals surface area contributed by atoms with Gasteiger partial charge in [-0.15, -0.1) is 0 Å². The summed E-state index contributed by atoms with van der Waals surface area (Å²) in [7, 11) is 0. The topological polar surface area (TPSA) is 9.23 Å². The Bertz CT molecular complexity index is 93.1. The number of alkyl halides is 1. The largest absolute Gasteiger partial charge is 0.378 e. The van der Waals surface area contributed by atoms with E-state index in [0.29, 0.717) is 11.9 Å². The van der Waals surface area contributed by atoms with E-state index in [2.05, 4.69) is 15.9 Å². The molecular weight excluding hydrogens is 203 g/mol.